The third kappa shape index (κ3) is 4.77. The Morgan fingerprint density at radius 1 is 1.30 bits per heavy atom. The predicted octanol–water partition coefficient (Wildman–Crippen LogP) is 3.27. The molecule has 1 aliphatic heterocycles. The highest BCUT2D eigenvalue weighted by molar-refractivity contribution is 8.26. The molecule has 2 aromatic carbocycles. The number of carboxylic acids is 1. The largest absolute Gasteiger partial charge is 0.548 e. The molecule has 2 aromatic rings. The monoisotopic (exact) mass is 462 g/mol. The van der Waals surface area contributed by atoms with E-state index in [2.05, 4.69) is 0 Å². The molecule has 156 valence electrons. The summed E-state index contributed by atoms with van der Waals surface area (Å²) >= 11 is 12.3. The van der Waals surface area contributed by atoms with E-state index in [-0.39, 0.29) is 10.9 Å². The zero-order chi connectivity index (χ0) is 21.8. The van der Waals surface area contributed by atoms with Crippen LogP contribution >= 0.6 is 35.6 Å². The van der Waals surface area contributed by atoms with Crippen LogP contribution in [0.3, 0.4) is 0 Å². The van der Waals surface area contributed by atoms with E-state index < -0.39 is 17.9 Å². The molecular weight excluding hydrogens is 446 g/mol. The van der Waals surface area contributed by atoms with E-state index in [9.17, 15) is 14.7 Å². The Labute approximate surface area is 188 Å². The van der Waals surface area contributed by atoms with Crippen LogP contribution in [0.5, 0.6) is 11.5 Å². The number of hydrogen-bond acceptors (Lipinski definition) is 7. The maximum Gasteiger partial charge on any atom is 0.266 e. The normalized spacial score (nSPS) is 16.1. The number of carboxylic acid groups (broad SMARTS) is 1. The molecule has 1 amide bonds. The fourth-order valence-corrected chi connectivity index (χ4v) is 4.34. The maximum atomic E-state index is 12.6. The Morgan fingerprint density at radius 3 is 2.70 bits per heavy atom. The lowest BCUT2D eigenvalue weighted by atomic mass is 10.1. The molecule has 1 aliphatic rings. The number of nitrogens with zero attached hydrogens (tertiary/aromatic N) is 1. The van der Waals surface area contributed by atoms with Crippen molar-refractivity contribution in [2.75, 3.05) is 7.11 Å². The van der Waals surface area contributed by atoms with Gasteiger partial charge in [-0.3, -0.25) is 9.69 Å². The van der Waals surface area contributed by atoms with Crippen LogP contribution in [0.15, 0.2) is 47.4 Å². The molecule has 0 aliphatic carbocycles. The number of methoxy groups -OCH3 is 1. The fraction of sp³-hybridized carbons (Fsp3) is 0.190. The quantitative estimate of drug-likeness (QED) is 0.461. The number of hydrogen-bond donors (Lipinski definition) is 0. The second kappa shape index (κ2) is 9.51. The van der Waals surface area contributed by atoms with E-state index in [1.54, 1.807) is 30.3 Å². The molecule has 1 atom stereocenters. The van der Waals surface area contributed by atoms with Crippen LogP contribution in [0.4, 0.5) is 0 Å². The highest BCUT2D eigenvalue weighted by Gasteiger charge is 2.35. The van der Waals surface area contributed by atoms with Gasteiger partial charge in [0, 0.05) is 10.6 Å². The third-order valence-corrected chi connectivity index (χ3v) is 6.08. The second-order valence-electron chi connectivity index (χ2n) is 6.34. The fourth-order valence-electron chi connectivity index (χ4n) is 2.73. The molecule has 3 rings (SSSR count). The summed E-state index contributed by atoms with van der Waals surface area (Å²) in [5, 5.41) is 11.7. The number of thiocarbonyl (C=S) groups is 1. The van der Waals surface area contributed by atoms with Gasteiger partial charge in [-0.2, -0.15) is 0 Å². The molecule has 6 nitrogen and oxygen atoms in total. The lowest BCUT2D eigenvalue weighted by molar-refractivity contribution is -0.309. The van der Waals surface area contributed by atoms with Crippen molar-refractivity contribution in [3.05, 3.63) is 63.5 Å². The lowest BCUT2D eigenvalue weighted by Crippen LogP contribution is -2.48. The van der Waals surface area contributed by atoms with Crippen molar-refractivity contribution in [3.63, 3.8) is 0 Å². The molecule has 0 bridgehead atoms. The summed E-state index contributed by atoms with van der Waals surface area (Å²) in [4.78, 5) is 25.0. The molecule has 1 heterocycles. The molecule has 1 saturated heterocycles. The molecular formula is C21H17ClNO5S2-. The lowest BCUT2D eigenvalue weighted by Gasteiger charge is -2.23. The minimum absolute atomic E-state index is 0.176. The van der Waals surface area contributed by atoms with E-state index >= 15 is 0 Å². The maximum absolute atomic E-state index is 12.6. The van der Waals surface area contributed by atoms with Crippen LogP contribution in [0.2, 0.25) is 5.02 Å². The van der Waals surface area contributed by atoms with Crippen LogP contribution < -0.4 is 14.6 Å². The van der Waals surface area contributed by atoms with Crippen molar-refractivity contribution >= 4 is 57.9 Å². The first-order valence-electron chi connectivity index (χ1n) is 8.84. The van der Waals surface area contributed by atoms with E-state index in [0.29, 0.717) is 27.0 Å². The molecule has 1 fully saturated rings. The van der Waals surface area contributed by atoms with Gasteiger partial charge in [0.2, 0.25) is 0 Å². The van der Waals surface area contributed by atoms with Gasteiger partial charge in [-0.05, 0) is 36.8 Å². The number of ether oxygens (including phenoxy) is 2. The van der Waals surface area contributed by atoms with Gasteiger partial charge in [0.05, 0.1) is 24.0 Å². The highest BCUT2D eigenvalue weighted by Crippen LogP contribution is 2.36. The summed E-state index contributed by atoms with van der Waals surface area (Å²) in [6.07, 6.45) is 1.63. The Hall–Kier alpha value is -2.55. The van der Waals surface area contributed by atoms with Gasteiger partial charge < -0.3 is 19.4 Å². The summed E-state index contributed by atoms with van der Waals surface area (Å²) in [7, 11) is 1.52. The van der Waals surface area contributed by atoms with Gasteiger partial charge in [0.25, 0.3) is 5.91 Å². The average molecular weight is 463 g/mol. The first-order chi connectivity index (χ1) is 14.3. The van der Waals surface area contributed by atoms with E-state index in [0.717, 1.165) is 22.2 Å². The number of aliphatic carboxylic acids is 1. The number of rotatable bonds is 7. The van der Waals surface area contributed by atoms with Gasteiger partial charge >= 0.3 is 0 Å². The van der Waals surface area contributed by atoms with Crippen molar-refractivity contribution in [2.45, 2.75) is 19.6 Å². The van der Waals surface area contributed by atoms with Crippen molar-refractivity contribution in [1.82, 2.24) is 4.90 Å². The number of benzene rings is 2. The molecule has 0 N–H and O–H groups in total. The number of carbonyl (C=O) groups is 2. The smallest absolute Gasteiger partial charge is 0.266 e. The Balaban J connectivity index is 1.79. The van der Waals surface area contributed by atoms with Crippen LogP contribution in [-0.2, 0) is 16.2 Å². The molecule has 0 unspecified atom stereocenters. The molecule has 0 saturated carbocycles. The van der Waals surface area contributed by atoms with E-state index in [1.807, 2.05) is 18.2 Å². The van der Waals surface area contributed by atoms with Crippen LogP contribution in [0.25, 0.3) is 6.08 Å². The van der Waals surface area contributed by atoms with Crippen LogP contribution in [-0.4, -0.2) is 34.2 Å². The van der Waals surface area contributed by atoms with Crippen molar-refractivity contribution in [2.24, 2.45) is 0 Å². The number of halogens is 1. The van der Waals surface area contributed by atoms with Crippen molar-refractivity contribution in [3.8, 4) is 11.5 Å². The average Bonchev–Trinajstić information content (AvgIpc) is 3.00. The third-order valence-electron chi connectivity index (χ3n) is 4.38. The van der Waals surface area contributed by atoms with Gasteiger partial charge in [-0.1, -0.05) is 59.8 Å². The minimum Gasteiger partial charge on any atom is -0.548 e. The first kappa shape index (κ1) is 22.1. The van der Waals surface area contributed by atoms with Crippen LogP contribution in [0.1, 0.15) is 18.1 Å². The minimum atomic E-state index is -1.37. The molecule has 9 heteroatoms. The SMILES string of the molecule is COc1cc(/C=C2\SC(=S)N([C@H](C)C(=O)[O-])C2=O)ccc1OCc1ccccc1Cl. The Kier molecular flexibility index (Phi) is 7.02. The first-order valence-corrected chi connectivity index (χ1v) is 10.4. The number of thioether (sulfide) groups is 1. The molecule has 0 spiro atoms. The predicted molar refractivity (Wildman–Crippen MR) is 118 cm³/mol. The van der Waals surface area contributed by atoms with E-state index in [1.165, 1.54) is 14.0 Å². The highest BCUT2D eigenvalue weighted by atomic mass is 35.5. The Morgan fingerprint density at radius 2 is 2.03 bits per heavy atom. The van der Waals surface area contributed by atoms with Crippen LogP contribution in [0, 0.1) is 0 Å². The van der Waals surface area contributed by atoms with Gasteiger partial charge in [0.1, 0.15) is 10.9 Å². The van der Waals surface area contributed by atoms with Crippen molar-refractivity contribution < 1.29 is 24.2 Å². The van der Waals surface area contributed by atoms with E-state index in [4.69, 9.17) is 33.3 Å². The zero-order valence-corrected chi connectivity index (χ0v) is 18.5. The molecule has 0 aromatic heterocycles. The van der Waals surface area contributed by atoms with Gasteiger partial charge in [-0.25, -0.2) is 0 Å². The zero-order valence-electron chi connectivity index (χ0n) is 16.1. The van der Waals surface area contributed by atoms with Crippen molar-refractivity contribution in [1.29, 1.82) is 0 Å². The second-order valence-corrected chi connectivity index (χ2v) is 8.42. The summed E-state index contributed by atoms with van der Waals surface area (Å²) < 4.78 is 11.4. The molecule has 0 radical (unpaired) electrons. The topological polar surface area (TPSA) is 78.9 Å². The summed E-state index contributed by atoms with van der Waals surface area (Å²) in [5.74, 6) is -0.837. The Bertz CT molecular complexity index is 1040. The number of carbonyl (C=O) groups excluding carboxylic acids is 2. The van der Waals surface area contributed by atoms with Gasteiger partial charge in [-0.15, -0.1) is 0 Å². The number of amides is 1. The van der Waals surface area contributed by atoms with Gasteiger partial charge in [0.15, 0.2) is 11.5 Å². The summed E-state index contributed by atoms with van der Waals surface area (Å²) in [5.41, 5.74) is 1.52. The molecule has 30 heavy (non-hydrogen) atoms. The summed E-state index contributed by atoms with van der Waals surface area (Å²) in [6.45, 7) is 1.63. The standard InChI is InChI=1S/C21H18ClNO5S2/c1-12(20(25)26)23-19(24)18(30-21(23)29)10-13-7-8-16(17(9-13)27-2)28-11-14-5-3-4-6-15(14)22/h3-10,12H,11H2,1-2H3,(H,25,26)/p-1/b18-10-/t12-/m1/s1. The summed E-state index contributed by atoms with van der Waals surface area (Å²) in [6, 6.07) is 11.5.